The van der Waals surface area contributed by atoms with Crippen LogP contribution in [-0.4, -0.2) is 23.5 Å². The summed E-state index contributed by atoms with van der Waals surface area (Å²) in [7, 11) is 0. The van der Waals surface area contributed by atoms with Crippen molar-refractivity contribution in [3.8, 4) is 0 Å². The third-order valence-corrected chi connectivity index (χ3v) is 3.48. The summed E-state index contributed by atoms with van der Waals surface area (Å²) in [5, 5.41) is 11.0. The van der Waals surface area contributed by atoms with Crippen LogP contribution in [-0.2, 0) is 16.1 Å². The van der Waals surface area contributed by atoms with E-state index in [1.54, 1.807) is 38.1 Å². The van der Waals surface area contributed by atoms with E-state index < -0.39 is 16.9 Å². The molecule has 0 bridgehead atoms. The quantitative estimate of drug-likeness (QED) is 0.453. The van der Waals surface area contributed by atoms with Gasteiger partial charge in [-0.25, -0.2) is 9.59 Å². The van der Waals surface area contributed by atoms with Gasteiger partial charge >= 0.3 is 11.9 Å². The summed E-state index contributed by atoms with van der Waals surface area (Å²) in [5.41, 5.74) is 1.17. The second-order valence-electron chi connectivity index (χ2n) is 5.22. The summed E-state index contributed by atoms with van der Waals surface area (Å²) in [4.78, 5) is 34.6. The van der Waals surface area contributed by atoms with Gasteiger partial charge in [-0.05, 0) is 31.5 Å². The molecule has 0 aliphatic heterocycles. The number of ether oxygens (including phenoxy) is 2. The molecule has 0 aliphatic carbocycles. The SMILES string of the molecule is CCOC(=O)c1ccccc1C(=O)OCc1ccc(C)c([N+](=O)[O-])c1. The minimum atomic E-state index is -0.702. The molecule has 2 aromatic carbocycles. The molecule has 2 rings (SSSR count). The number of carbonyl (C=O) groups excluding carboxylic acids is 2. The topological polar surface area (TPSA) is 95.7 Å². The number of nitro groups is 1. The van der Waals surface area contributed by atoms with Crippen LogP contribution in [0.15, 0.2) is 42.5 Å². The fourth-order valence-electron chi connectivity index (χ4n) is 2.22. The summed E-state index contributed by atoms with van der Waals surface area (Å²) in [6, 6.07) is 10.8. The van der Waals surface area contributed by atoms with E-state index in [4.69, 9.17) is 9.47 Å². The monoisotopic (exact) mass is 343 g/mol. The van der Waals surface area contributed by atoms with Crippen molar-refractivity contribution in [2.75, 3.05) is 6.61 Å². The maximum Gasteiger partial charge on any atom is 0.339 e. The summed E-state index contributed by atoms with van der Waals surface area (Å²) in [6.45, 7) is 3.35. The zero-order valence-electron chi connectivity index (χ0n) is 13.9. The lowest BCUT2D eigenvalue weighted by Crippen LogP contribution is -2.14. The van der Waals surface area contributed by atoms with Crippen LogP contribution in [0.1, 0.15) is 38.8 Å². The molecule has 7 heteroatoms. The molecule has 2 aromatic rings. The number of hydrogen-bond donors (Lipinski definition) is 0. The van der Waals surface area contributed by atoms with Crippen LogP contribution in [0.2, 0.25) is 0 Å². The smallest absolute Gasteiger partial charge is 0.339 e. The Labute approximate surface area is 144 Å². The van der Waals surface area contributed by atoms with Crippen LogP contribution >= 0.6 is 0 Å². The first-order valence-corrected chi connectivity index (χ1v) is 7.61. The van der Waals surface area contributed by atoms with E-state index in [-0.39, 0.29) is 30.0 Å². The number of hydrogen-bond acceptors (Lipinski definition) is 6. The van der Waals surface area contributed by atoms with Gasteiger partial charge in [-0.15, -0.1) is 0 Å². The van der Waals surface area contributed by atoms with Crippen LogP contribution in [0.4, 0.5) is 5.69 Å². The van der Waals surface area contributed by atoms with Gasteiger partial charge in [0.2, 0.25) is 0 Å². The molecular weight excluding hydrogens is 326 g/mol. The molecule has 25 heavy (non-hydrogen) atoms. The summed E-state index contributed by atoms with van der Waals surface area (Å²) in [6.07, 6.45) is 0. The van der Waals surface area contributed by atoms with Crippen LogP contribution in [0.25, 0.3) is 0 Å². The van der Waals surface area contributed by atoms with E-state index in [1.807, 2.05) is 0 Å². The maximum absolute atomic E-state index is 12.3. The molecule has 0 fully saturated rings. The first-order chi connectivity index (χ1) is 11.9. The highest BCUT2D eigenvalue weighted by Crippen LogP contribution is 2.20. The third-order valence-electron chi connectivity index (χ3n) is 3.48. The Hall–Kier alpha value is -3.22. The number of nitro benzene ring substituents is 1. The summed E-state index contributed by atoms with van der Waals surface area (Å²) >= 11 is 0. The highest BCUT2D eigenvalue weighted by molar-refractivity contribution is 6.03. The van der Waals surface area contributed by atoms with Crippen molar-refractivity contribution in [3.05, 3.63) is 74.8 Å². The maximum atomic E-state index is 12.3. The Kier molecular flexibility index (Phi) is 5.84. The molecular formula is C18H17NO6. The average Bonchev–Trinajstić information content (AvgIpc) is 2.60. The van der Waals surface area contributed by atoms with E-state index >= 15 is 0 Å². The van der Waals surface area contributed by atoms with Crippen molar-refractivity contribution in [2.24, 2.45) is 0 Å². The summed E-state index contributed by atoms with van der Waals surface area (Å²) < 4.78 is 10.1. The highest BCUT2D eigenvalue weighted by atomic mass is 16.6. The molecule has 0 amide bonds. The zero-order chi connectivity index (χ0) is 18.4. The number of esters is 2. The highest BCUT2D eigenvalue weighted by Gasteiger charge is 2.19. The molecule has 0 atom stereocenters. The zero-order valence-corrected chi connectivity index (χ0v) is 13.9. The Morgan fingerprint density at radius 2 is 1.64 bits per heavy atom. The molecule has 0 unspecified atom stereocenters. The van der Waals surface area contributed by atoms with Gasteiger partial charge in [0.1, 0.15) is 6.61 Å². The molecule has 0 heterocycles. The van der Waals surface area contributed by atoms with E-state index in [0.717, 1.165) is 0 Å². The van der Waals surface area contributed by atoms with Gasteiger partial charge in [0.05, 0.1) is 22.7 Å². The molecule has 0 N–H and O–H groups in total. The van der Waals surface area contributed by atoms with Gasteiger partial charge in [0.15, 0.2) is 0 Å². The number of rotatable bonds is 6. The second kappa shape index (κ2) is 8.05. The van der Waals surface area contributed by atoms with Gasteiger partial charge in [-0.1, -0.05) is 24.3 Å². The Morgan fingerprint density at radius 3 is 2.20 bits per heavy atom. The fourth-order valence-corrected chi connectivity index (χ4v) is 2.22. The fraction of sp³-hybridized carbons (Fsp3) is 0.222. The Balaban J connectivity index is 2.15. The van der Waals surface area contributed by atoms with Gasteiger partial charge in [-0.2, -0.15) is 0 Å². The van der Waals surface area contributed by atoms with Gasteiger partial charge in [-0.3, -0.25) is 10.1 Å². The molecule has 0 aliphatic rings. The molecule has 0 spiro atoms. The minimum absolute atomic E-state index is 0.0412. The standard InChI is InChI=1S/C18H17NO6/c1-3-24-17(20)14-6-4-5-7-15(14)18(21)25-11-13-9-8-12(2)16(10-13)19(22)23/h4-10H,3,11H2,1-2H3. The lowest BCUT2D eigenvalue weighted by molar-refractivity contribution is -0.385. The van der Waals surface area contributed by atoms with Crippen LogP contribution in [0.3, 0.4) is 0 Å². The first kappa shape index (κ1) is 18.1. The predicted molar refractivity (Wildman–Crippen MR) is 89.4 cm³/mol. The predicted octanol–water partition coefficient (Wildman–Crippen LogP) is 3.44. The number of aryl methyl sites for hydroxylation is 1. The van der Waals surface area contributed by atoms with E-state index in [1.165, 1.54) is 18.2 Å². The van der Waals surface area contributed by atoms with Crippen molar-refractivity contribution in [2.45, 2.75) is 20.5 Å². The van der Waals surface area contributed by atoms with E-state index in [0.29, 0.717) is 11.1 Å². The number of carbonyl (C=O) groups is 2. The number of benzene rings is 2. The lowest BCUT2D eigenvalue weighted by Gasteiger charge is -2.09. The lowest BCUT2D eigenvalue weighted by atomic mass is 10.1. The first-order valence-electron chi connectivity index (χ1n) is 7.61. The van der Waals surface area contributed by atoms with Gasteiger partial charge in [0, 0.05) is 11.6 Å². The Morgan fingerprint density at radius 1 is 1.04 bits per heavy atom. The van der Waals surface area contributed by atoms with Crippen molar-refractivity contribution >= 4 is 17.6 Å². The normalized spacial score (nSPS) is 10.2. The van der Waals surface area contributed by atoms with Crippen molar-refractivity contribution in [1.82, 2.24) is 0 Å². The van der Waals surface area contributed by atoms with Crippen molar-refractivity contribution < 1.29 is 24.0 Å². The summed E-state index contributed by atoms with van der Waals surface area (Å²) in [5.74, 6) is -1.31. The van der Waals surface area contributed by atoms with Gasteiger partial charge < -0.3 is 9.47 Å². The molecule has 0 saturated heterocycles. The second-order valence-corrected chi connectivity index (χ2v) is 5.22. The van der Waals surface area contributed by atoms with Crippen LogP contribution < -0.4 is 0 Å². The molecule has 0 aromatic heterocycles. The Bertz CT molecular complexity index is 815. The number of nitrogens with zero attached hydrogens (tertiary/aromatic N) is 1. The van der Waals surface area contributed by atoms with Crippen LogP contribution in [0.5, 0.6) is 0 Å². The van der Waals surface area contributed by atoms with Crippen molar-refractivity contribution in [1.29, 1.82) is 0 Å². The van der Waals surface area contributed by atoms with Crippen molar-refractivity contribution in [3.63, 3.8) is 0 Å². The third kappa shape index (κ3) is 4.41. The van der Waals surface area contributed by atoms with Crippen LogP contribution in [0, 0.1) is 17.0 Å². The largest absolute Gasteiger partial charge is 0.462 e. The average molecular weight is 343 g/mol. The minimum Gasteiger partial charge on any atom is -0.462 e. The molecule has 0 radical (unpaired) electrons. The molecule has 0 saturated carbocycles. The van der Waals surface area contributed by atoms with Gasteiger partial charge in [0.25, 0.3) is 5.69 Å². The molecule has 130 valence electrons. The molecule has 7 nitrogen and oxygen atoms in total. The van der Waals surface area contributed by atoms with E-state index in [9.17, 15) is 19.7 Å². The van der Waals surface area contributed by atoms with E-state index in [2.05, 4.69) is 0 Å².